The number of H-pyrrole nitrogens is 1. The summed E-state index contributed by atoms with van der Waals surface area (Å²) >= 11 is 2.29. The number of hydrogen-bond donors (Lipinski definition) is 2. The second-order valence-corrected chi connectivity index (χ2v) is 5.14. The fourth-order valence-corrected chi connectivity index (χ4v) is 3.08. The van der Waals surface area contributed by atoms with Gasteiger partial charge in [0.1, 0.15) is 3.70 Å². The van der Waals surface area contributed by atoms with Crippen LogP contribution in [0.15, 0.2) is 30.0 Å². The van der Waals surface area contributed by atoms with Crippen molar-refractivity contribution in [3.63, 3.8) is 0 Å². The molecule has 1 heterocycles. The van der Waals surface area contributed by atoms with Crippen molar-refractivity contribution in [2.75, 3.05) is 6.54 Å². The molecule has 2 aliphatic rings. The van der Waals surface area contributed by atoms with Gasteiger partial charge in [0.15, 0.2) is 0 Å². The Morgan fingerprint density at radius 2 is 2.33 bits per heavy atom. The summed E-state index contributed by atoms with van der Waals surface area (Å²) < 4.78 is 1.10. The zero-order chi connectivity index (χ0) is 10.4. The number of aromatic amines is 1. The van der Waals surface area contributed by atoms with Crippen LogP contribution in [-0.4, -0.2) is 16.7 Å². The van der Waals surface area contributed by atoms with Gasteiger partial charge in [-0.15, -0.1) is 0 Å². The molecule has 78 valence electrons. The van der Waals surface area contributed by atoms with Gasteiger partial charge in [0.05, 0.1) is 0 Å². The zero-order valence-corrected chi connectivity index (χ0v) is 10.3. The quantitative estimate of drug-likeness (QED) is 0.818. The maximum Gasteiger partial charge on any atom is 0.126 e. The third-order valence-electron chi connectivity index (χ3n) is 3.29. The van der Waals surface area contributed by atoms with Gasteiger partial charge in [-0.25, -0.2) is 0 Å². The third-order valence-corrected chi connectivity index (χ3v) is 4.15. The lowest BCUT2D eigenvalue weighted by atomic mass is 10.1. The van der Waals surface area contributed by atoms with Gasteiger partial charge in [0, 0.05) is 24.2 Å². The van der Waals surface area contributed by atoms with E-state index in [1.54, 1.807) is 0 Å². The molecule has 3 nitrogen and oxygen atoms in total. The maximum absolute atomic E-state index is 5.64. The second kappa shape index (κ2) is 3.45. The van der Waals surface area contributed by atoms with Gasteiger partial charge in [-0.1, -0.05) is 18.2 Å². The van der Waals surface area contributed by atoms with E-state index in [2.05, 4.69) is 51.0 Å². The molecule has 3 N–H and O–H groups in total. The van der Waals surface area contributed by atoms with E-state index in [0.717, 1.165) is 3.70 Å². The number of nitrogens with zero attached hydrogens (tertiary/aromatic N) is 1. The number of fused-ring (bicyclic) bond motifs is 1. The van der Waals surface area contributed by atoms with Crippen molar-refractivity contribution in [2.45, 2.75) is 5.92 Å². The normalized spacial score (nSPS) is 32.4. The lowest BCUT2D eigenvalue weighted by Crippen LogP contribution is -2.02. The van der Waals surface area contributed by atoms with Crippen molar-refractivity contribution >= 4 is 22.6 Å². The first kappa shape index (κ1) is 9.59. The van der Waals surface area contributed by atoms with Crippen LogP contribution in [0.2, 0.25) is 0 Å². The highest BCUT2D eigenvalue weighted by Gasteiger charge is 2.50. The lowest BCUT2D eigenvalue weighted by molar-refractivity contribution is 0.949. The van der Waals surface area contributed by atoms with Gasteiger partial charge in [-0.3, -0.25) is 5.10 Å². The van der Waals surface area contributed by atoms with Crippen LogP contribution in [0.5, 0.6) is 0 Å². The monoisotopic (exact) mass is 313 g/mol. The van der Waals surface area contributed by atoms with Gasteiger partial charge >= 0.3 is 0 Å². The number of allylic oxidation sites excluding steroid dienone is 2. The number of aromatic nitrogens is 2. The zero-order valence-electron chi connectivity index (χ0n) is 8.15. The number of hydrogen-bond acceptors (Lipinski definition) is 2. The van der Waals surface area contributed by atoms with Crippen LogP contribution in [0.4, 0.5) is 0 Å². The molecule has 1 aromatic rings. The molecule has 3 rings (SSSR count). The highest BCUT2D eigenvalue weighted by Crippen LogP contribution is 2.58. The summed E-state index contributed by atoms with van der Waals surface area (Å²) in [5.74, 6) is 1.95. The van der Waals surface area contributed by atoms with Crippen LogP contribution in [0.25, 0.3) is 0 Å². The van der Waals surface area contributed by atoms with E-state index >= 15 is 0 Å². The first-order valence-electron chi connectivity index (χ1n) is 5.09. The van der Waals surface area contributed by atoms with Crippen molar-refractivity contribution in [1.82, 2.24) is 10.2 Å². The Hall–Kier alpha value is -0.620. The van der Waals surface area contributed by atoms with E-state index in [0.29, 0.717) is 24.3 Å². The van der Waals surface area contributed by atoms with Crippen molar-refractivity contribution in [2.24, 2.45) is 17.6 Å². The van der Waals surface area contributed by atoms with E-state index in [4.69, 9.17) is 5.73 Å². The Balaban J connectivity index is 1.88. The highest BCUT2D eigenvalue weighted by atomic mass is 127. The van der Waals surface area contributed by atoms with Crippen molar-refractivity contribution < 1.29 is 0 Å². The Bertz CT molecular complexity index is 446. The minimum atomic E-state index is 0.621. The molecule has 0 spiro atoms. The second-order valence-electron chi connectivity index (χ2n) is 4.12. The molecular weight excluding hydrogens is 301 g/mol. The summed E-state index contributed by atoms with van der Waals surface area (Å²) in [6.45, 7) is 0.648. The molecule has 0 saturated heterocycles. The standard InChI is InChI=1S/C11H12IN3/c12-11-9(5-14-15-11)10-7-2-1-6(4-13)3-8(7)10/h1-3,5,7-8,10H,4,13H2,(H,14,15)/t7-,8?,10?/m0/s1. The summed E-state index contributed by atoms with van der Waals surface area (Å²) in [6.07, 6.45) is 8.79. The summed E-state index contributed by atoms with van der Waals surface area (Å²) in [6, 6.07) is 0. The van der Waals surface area contributed by atoms with Gasteiger partial charge < -0.3 is 5.73 Å². The third kappa shape index (κ3) is 1.47. The summed E-state index contributed by atoms with van der Waals surface area (Å²) in [7, 11) is 0. The molecule has 4 heteroatoms. The van der Waals surface area contributed by atoms with Crippen LogP contribution < -0.4 is 5.73 Å². The molecule has 0 amide bonds. The molecule has 0 radical (unpaired) electrons. The van der Waals surface area contributed by atoms with Gasteiger partial charge in [-0.2, -0.15) is 5.10 Å². The molecule has 15 heavy (non-hydrogen) atoms. The van der Waals surface area contributed by atoms with E-state index < -0.39 is 0 Å². The predicted molar refractivity (Wildman–Crippen MR) is 67.3 cm³/mol. The average molecular weight is 313 g/mol. The predicted octanol–water partition coefficient (Wildman–Crippen LogP) is 1.80. The minimum Gasteiger partial charge on any atom is -0.327 e. The first-order valence-corrected chi connectivity index (χ1v) is 6.17. The SMILES string of the molecule is NCC1=CC2C(c3c[nH]nc3I)[C@H]2C=C1. The molecule has 1 saturated carbocycles. The lowest BCUT2D eigenvalue weighted by Gasteiger charge is -2.00. The van der Waals surface area contributed by atoms with Crippen molar-refractivity contribution in [3.05, 3.63) is 39.3 Å². The van der Waals surface area contributed by atoms with Crippen LogP contribution in [0.3, 0.4) is 0 Å². The Labute approximate surface area is 102 Å². The summed E-state index contributed by atoms with van der Waals surface area (Å²) in [5, 5.41) is 7.09. The molecule has 2 unspecified atom stereocenters. The molecule has 0 bridgehead atoms. The number of nitrogens with one attached hydrogen (secondary N) is 1. The number of halogens is 1. The van der Waals surface area contributed by atoms with Gasteiger partial charge in [-0.05, 0) is 40.0 Å². The van der Waals surface area contributed by atoms with Crippen LogP contribution in [-0.2, 0) is 0 Å². The largest absolute Gasteiger partial charge is 0.327 e. The Morgan fingerprint density at radius 1 is 1.47 bits per heavy atom. The Kier molecular flexibility index (Phi) is 2.21. The van der Waals surface area contributed by atoms with Crippen LogP contribution >= 0.6 is 22.6 Å². The van der Waals surface area contributed by atoms with E-state index in [1.807, 2.05) is 6.20 Å². The molecule has 3 atom stereocenters. The van der Waals surface area contributed by atoms with Crippen molar-refractivity contribution in [1.29, 1.82) is 0 Å². The smallest absolute Gasteiger partial charge is 0.126 e. The molecular formula is C11H12IN3. The summed E-state index contributed by atoms with van der Waals surface area (Å²) in [5.41, 5.74) is 8.25. The fraction of sp³-hybridized carbons (Fsp3) is 0.364. The van der Waals surface area contributed by atoms with Crippen molar-refractivity contribution in [3.8, 4) is 0 Å². The van der Waals surface area contributed by atoms with E-state index in [9.17, 15) is 0 Å². The molecule has 2 aliphatic carbocycles. The number of rotatable bonds is 2. The summed E-state index contributed by atoms with van der Waals surface area (Å²) in [4.78, 5) is 0. The molecule has 0 aromatic carbocycles. The average Bonchev–Trinajstić information content (AvgIpc) is 2.82. The highest BCUT2D eigenvalue weighted by molar-refractivity contribution is 14.1. The fourth-order valence-electron chi connectivity index (χ4n) is 2.43. The Morgan fingerprint density at radius 3 is 3.00 bits per heavy atom. The number of nitrogens with two attached hydrogens (primary N) is 1. The van der Waals surface area contributed by atoms with Crippen LogP contribution in [0.1, 0.15) is 11.5 Å². The van der Waals surface area contributed by atoms with Crippen LogP contribution in [0, 0.1) is 15.5 Å². The van der Waals surface area contributed by atoms with Gasteiger partial charge in [0.25, 0.3) is 0 Å². The topological polar surface area (TPSA) is 54.7 Å². The first-order chi connectivity index (χ1) is 7.31. The minimum absolute atomic E-state index is 0.621. The maximum atomic E-state index is 5.64. The molecule has 1 fully saturated rings. The molecule has 1 aromatic heterocycles. The molecule has 0 aliphatic heterocycles. The van der Waals surface area contributed by atoms with Gasteiger partial charge in [0.2, 0.25) is 0 Å². The van der Waals surface area contributed by atoms with E-state index in [-0.39, 0.29) is 0 Å². The van der Waals surface area contributed by atoms with E-state index in [1.165, 1.54) is 11.1 Å².